The smallest absolute Gasteiger partial charge is 0.324 e. The van der Waals surface area contributed by atoms with Gasteiger partial charge in [-0.1, -0.05) is 47.0 Å². The zero-order valence-electron chi connectivity index (χ0n) is 12.1. The Morgan fingerprint density at radius 3 is 2.00 bits per heavy atom. The SMILES string of the molecule is CCCC(CCC)(C(=O)O)N(C)CC(C)CC. The summed E-state index contributed by atoms with van der Waals surface area (Å²) >= 11 is 0. The van der Waals surface area contributed by atoms with Gasteiger partial charge in [-0.25, -0.2) is 0 Å². The fourth-order valence-electron chi connectivity index (χ4n) is 2.48. The Morgan fingerprint density at radius 1 is 1.24 bits per heavy atom. The maximum atomic E-state index is 11.7. The lowest BCUT2D eigenvalue weighted by Crippen LogP contribution is -2.54. The first-order valence-electron chi connectivity index (χ1n) is 6.89. The Hall–Kier alpha value is -0.570. The number of hydrogen-bond acceptors (Lipinski definition) is 2. The highest BCUT2D eigenvalue weighted by atomic mass is 16.4. The van der Waals surface area contributed by atoms with Gasteiger partial charge in [-0.2, -0.15) is 0 Å². The number of carboxylic acid groups (broad SMARTS) is 1. The molecular weight excluding hydrogens is 214 g/mol. The third kappa shape index (κ3) is 4.30. The monoisotopic (exact) mass is 243 g/mol. The van der Waals surface area contributed by atoms with Crippen LogP contribution in [0.15, 0.2) is 0 Å². The van der Waals surface area contributed by atoms with Crippen LogP contribution in [0.3, 0.4) is 0 Å². The lowest BCUT2D eigenvalue weighted by molar-refractivity contribution is -0.152. The lowest BCUT2D eigenvalue weighted by atomic mass is 9.86. The molecular formula is C14H29NO2. The molecule has 0 saturated carbocycles. The van der Waals surface area contributed by atoms with E-state index >= 15 is 0 Å². The second-order valence-electron chi connectivity index (χ2n) is 5.23. The Bertz CT molecular complexity index is 222. The van der Waals surface area contributed by atoms with Gasteiger partial charge in [0.1, 0.15) is 5.54 Å². The largest absolute Gasteiger partial charge is 0.480 e. The summed E-state index contributed by atoms with van der Waals surface area (Å²) in [7, 11) is 1.96. The van der Waals surface area contributed by atoms with Gasteiger partial charge in [0.2, 0.25) is 0 Å². The molecule has 0 aromatic carbocycles. The van der Waals surface area contributed by atoms with Crippen LogP contribution < -0.4 is 0 Å². The van der Waals surface area contributed by atoms with Crippen LogP contribution in [0.1, 0.15) is 59.8 Å². The maximum absolute atomic E-state index is 11.7. The zero-order chi connectivity index (χ0) is 13.5. The molecule has 0 aliphatic rings. The van der Waals surface area contributed by atoms with Gasteiger partial charge in [0.05, 0.1) is 0 Å². The number of nitrogens with zero attached hydrogens (tertiary/aromatic N) is 1. The molecule has 102 valence electrons. The van der Waals surface area contributed by atoms with Crippen molar-refractivity contribution in [2.24, 2.45) is 5.92 Å². The molecule has 17 heavy (non-hydrogen) atoms. The molecule has 1 unspecified atom stereocenters. The van der Waals surface area contributed by atoms with Gasteiger partial charge in [0, 0.05) is 6.54 Å². The number of carbonyl (C=O) groups is 1. The topological polar surface area (TPSA) is 40.5 Å². The number of likely N-dealkylation sites (N-methyl/N-ethyl adjacent to an activating group) is 1. The van der Waals surface area contributed by atoms with E-state index < -0.39 is 11.5 Å². The van der Waals surface area contributed by atoms with Gasteiger partial charge in [-0.05, 0) is 25.8 Å². The number of rotatable bonds is 9. The Balaban J connectivity index is 4.91. The molecule has 0 amide bonds. The van der Waals surface area contributed by atoms with Crippen molar-refractivity contribution in [2.75, 3.05) is 13.6 Å². The molecule has 0 radical (unpaired) electrons. The molecule has 0 aromatic heterocycles. The third-order valence-electron chi connectivity index (χ3n) is 3.74. The molecule has 0 aromatic rings. The van der Waals surface area contributed by atoms with Gasteiger partial charge in [-0.15, -0.1) is 0 Å². The highest BCUT2D eigenvalue weighted by Gasteiger charge is 2.40. The van der Waals surface area contributed by atoms with Crippen molar-refractivity contribution in [1.82, 2.24) is 4.90 Å². The molecule has 1 N–H and O–H groups in total. The molecule has 3 nitrogen and oxygen atoms in total. The predicted molar refractivity (Wildman–Crippen MR) is 72.3 cm³/mol. The predicted octanol–water partition coefficient (Wildman–Crippen LogP) is 3.39. The van der Waals surface area contributed by atoms with E-state index in [1.54, 1.807) is 0 Å². The van der Waals surface area contributed by atoms with Crippen LogP contribution in [-0.2, 0) is 4.79 Å². The Labute approximate surface area is 106 Å². The molecule has 0 rings (SSSR count). The average Bonchev–Trinajstić information content (AvgIpc) is 2.27. The second kappa shape index (κ2) is 7.70. The van der Waals surface area contributed by atoms with E-state index in [4.69, 9.17) is 0 Å². The molecule has 3 heteroatoms. The lowest BCUT2D eigenvalue weighted by Gasteiger charge is -2.39. The van der Waals surface area contributed by atoms with Crippen molar-refractivity contribution in [3.8, 4) is 0 Å². The van der Waals surface area contributed by atoms with Gasteiger partial charge >= 0.3 is 5.97 Å². The van der Waals surface area contributed by atoms with Gasteiger partial charge in [-0.3, -0.25) is 9.69 Å². The van der Waals surface area contributed by atoms with E-state index in [0.29, 0.717) is 5.92 Å². The summed E-state index contributed by atoms with van der Waals surface area (Å²) in [4.78, 5) is 13.7. The molecule has 0 bridgehead atoms. The van der Waals surface area contributed by atoms with Crippen LogP contribution in [0.2, 0.25) is 0 Å². The minimum absolute atomic E-state index is 0.549. The second-order valence-corrected chi connectivity index (χ2v) is 5.23. The highest BCUT2D eigenvalue weighted by Crippen LogP contribution is 2.28. The van der Waals surface area contributed by atoms with Crippen LogP contribution >= 0.6 is 0 Å². The summed E-state index contributed by atoms with van der Waals surface area (Å²) < 4.78 is 0. The Morgan fingerprint density at radius 2 is 1.71 bits per heavy atom. The summed E-state index contributed by atoms with van der Waals surface area (Å²) in [6, 6.07) is 0. The summed E-state index contributed by atoms with van der Waals surface area (Å²) in [5, 5.41) is 9.60. The first-order valence-corrected chi connectivity index (χ1v) is 6.89. The van der Waals surface area contributed by atoms with Crippen molar-refractivity contribution in [3.05, 3.63) is 0 Å². The zero-order valence-corrected chi connectivity index (χ0v) is 12.1. The van der Waals surface area contributed by atoms with Crippen LogP contribution in [0.5, 0.6) is 0 Å². The van der Waals surface area contributed by atoms with Crippen molar-refractivity contribution < 1.29 is 9.90 Å². The van der Waals surface area contributed by atoms with Crippen molar-refractivity contribution in [3.63, 3.8) is 0 Å². The summed E-state index contributed by atoms with van der Waals surface area (Å²) in [6.07, 6.45) is 4.40. The number of aliphatic carboxylic acids is 1. The first kappa shape index (κ1) is 16.4. The minimum atomic E-state index is -0.660. The fraction of sp³-hybridized carbons (Fsp3) is 0.929. The first-order chi connectivity index (χ1) is 7.94. The molecule has 0 fully saturated rings. The number of carboxylic acids is 1. The molecule has 0 spiro atoms. The van der Waals surface area contributed by atoms with Gasteiger partial charge < -0.3 is 5.11 Å². The van der Waals surface area contributed by atoms with Crippen LogP contribution in [0.4, 0.5) is 0 Å². The van der Waals surface area contributed by atoms with E-state index in [1.807, 2.05) is 7.05 Å². The minimum Gasteiger partial charge on any atom is -0.480 e. The fourth-order valence-corrected chi connectivity index (χ4v) is 2.48. The molecule has 0 aliphatic carbocycles. The third-order valence-corrected chi connectivity index (χ3v) is 3.74. The summed E-state index contributed by atoms with van der Waals surface area (Å²) in [5.41, 5.74) is -0.660. The van der Waals surface area contributed by atoms with Crippen molar-refractivity contribution in [2.45, 2.75) is 65.3 Å². The van der Waals surface area contributed by atoms with E-state index in [2.05, 4.69) is 32.6 Å². The summed E-state index contributed by atoms with van der Waals surface area (Å²) in [5.74, 6) is -0.112. The van der Waals surface area contributed by atoms with E-state index in [9.17, 15) is 9.90 Å². The van der Waals surface area contributed by atoms with Crippen LogP contribution in [-0.4, -0.2) is 35.1 Å². The summed E-state index contributed by atoms with van der Waals surface area (Å²) in [6.45, 7) is 9.32. The van der Waals surface area contributed by atoms with E-state index in [-0.39, 0.29) is 0 Å². The molecule has 0 saturated heterocycles. The van der Waals surface area contributed by atoms with E-state index in [1.165, 1.54) is 0 Å². The average molecular weight is 243 g/mol. The highest BCUT2D eigenvalue weighted by molar-refractivity contribution is 5.78. The van der Waals surface area contributed by atoms with Crippen LogP contribution in [0, 0.1) is 5.92 Å². The maximum Gasteiger partial charge on any atom is 0.324 e. The molecule has 0 heterocycles. The van der Waals surface area contributed by atoms with Gasteiger partial charge in [0.25, 0.3) is 0 Å². The normalized spacial score (nSPS) is 14.0. The number of hydrogen-bond donors (Lipinski definition) is 1. The van der Waals surface area contributed by atoms with E-state index in [0.717, 1.165) is 38.6 Å². The van der Waals surface area contributed by atoms with Gasteiger partial charge in [0.15, 0.2) is 0 Å². The standard InChI is InChI=1S/C14H29NO2/c1-6-9-14(10-7-2,13(16)17)15(5)11-12(4)8-3/h12H,6-11H2,1-5H3,(H,16,17). The Kier molecular flexibility index (Phi) is 7.44. The van der Waals surface area contributed by atoms with Crippen molar-refractivity contribution in [1.29, 1.82) is 0 Å². The van der Waals surface area contributed by atoms with Crippen LogP contribution in [0.25, 0.3) is 0 Å². The quantitative estimate of drug-likeness (QED) is 0.675. The molecule has 1 atom stereocenters. The molecule has 0 aliphatic heterocycles. The van der Waals surface area contributed by atoms with Crippen molar-refractivity contribution >= 4 is 5.97 Å².